The van der Waals surface area contributed by atoms with Crippen LogP contribution in [-0.4, -0.2) is 21.5 Å². The number of nitro groups is 1. The molecule has 0 fully saturated rings. The first-order valence-electron chi connectivity index (χ1n) is 8.32. The number of hydrogen-bond acceptors (Lipinski definition) is 6. The fourth-order valence-electron chi connectivity index (χ4n) is 2.94. The Morgan fingerprint density at radius 3 is 2.21 bits per heavy atom. The maximum absolute atomic E-state index is 12.5. The van der Waals surface area contributed by atoms with Crippen LogP contribution < -0.4 is 0 Å². The van der Waals surface area contributed by atoms with Crippen LogP contribution in [0.2, 0.25) is 0 Å². The van der Waals surface area contributed by atoms with E-state index < -0.39 is 4.92 Å². The molecule has 0 saturated heterocycles. The quantitative estimate of drug-likeness (QED) is 0.281. The van der Waals surface area contributed by atoms with E-state index in [1.54, 1.807) is 60.8 Å². The van der Waals surface area contributed by atoms with Gasteiger partial charge < -0.3 is 0 Å². The second-order valence-corrected chi connectivity index (χ2v) is 7.08. The number of fused-ring (bicyclic) bond motifs is 1. The zero-order chi connectivity index (χ0) is 19.7. The maximum atomic E-state index is 12.5. The number of allylic oxidation sites excluding steroid dienone is 1. The first kappa shape index (κ1) is 17.8. The van der Waals surface area contributed by atoms with Crippen LogP contribution in [0.1, 0.15) is 26.3 Å². The van der Waals surface area contributed by atoms with Crippen LogP contribution >= 0.6 is 11.8 Å². The second-order valence-electron chi connectivity index (χ2n) is 6.02. The van der Waals surface area contributed by atoms with Crippen LogP contribution in [0, 0.1) is 10.1 Å². The highest BCUT2D eigenvalue weighted by Crippen LogP contribution is 2.35. The molecule has 0 saturated carbocycles. The molecule has 0 atom stereocenters. The van der Waals surface area contributed by atoms with Crippen LogP contribution in [-0.2, 0) is 0 Å². The van der Waals surface area contributed by atoms with E-state index in [9.17, 15) is 19.7 Å². The Bertz CT molecular complexity index is 1120. The average molecular weight is 388 g/mol. The number of Topliss-reactive ketones (excluding diaryl/α,β-unsaturated/α-hetero) is 2. The molecule has 0 bridgehead atoms. The molecule has 1 heterocycles. The number of aromatic nitrogens is 1. The Balaban J connectivity index is 1.71. The smallest absolute Gasteiger partial charge is 0.283 e. The number of ketones is 2. The van der Waals surface area contributed by atoms with Gasteiger partial charge in [0.05, 0.1) is 15.4 Å². The Kier molecular flexibility index (Phi) is 4.58. The number of hydrogen-bond donors (Lipinski definition) is 0. The number of carbonyl (C=O) groups is 2. The minimum atomic E-state index is -0.486. The molecule has 3 aromatic rings. The summed E-state index contributed by atoms with van der Waals surface area (Å²) in [6.45, 7) is 0. The molecule has 0 radical (unpaired) electrons. The molecule has 0 unspecified atom stereocenters. The molecule has 0 spiro atoms. The molecule has 0 amide bonds. The first-order valence-corrected chi connectivity index (χ1v) is 9.13. The van der Waals surface area contributed by atoms with Crippen molar-refractivity contribution in [3.8, 4) is 0 Å². The third-order valence-electron chi connectivity index (χ3n) is 4.25. The SMILES string of the molecule is O=C1C(=Cc2ccc(Sc3ccccn3)c([N+](=O)[O-])c2)C(=O)c2ccccc21. The summed E-state index contributed by atoms with van der Waals surface area (Å²) in [6, 6.07) is 16.5. The third kappa shape index (κ3) is 3.23. The van der Waals surface area contributed by atoms with Crippen molar-refractivity contribution >= 4 is 35.1 Å². The van der Waals surface area contributed by atoms with Crippen molar-refractivity contribution in [2.45, 2.75) is 9.92 Å². The van der Waals surface area contributed by atoms with Gasteiger partial charge in [-0.2, -0.15) is 0 Å². The number of benzene rings is 2. The predicted octanol–water partition coefficient (Wildman–Crippen LogP) is 4.60. The molecular formula is C21H12N2O4S. The highest BCUT2D eigenvalue weighted by molar-refractivity contribution is 7.99. The molecule has 1 aliphatic carbocycles. The lowest BCUT2D eigenvalue weighted by Gasteiger charge is -2.04. The van der Waals surface area contributed by atoms with E-state index in [0.717, 1.165) is 0 Å². The van der Waals surface area contributed by atoms with Gasteiger partial charge in [-0.1, -0.05) is 48.2 Å². The summed E-state index contributed by atoms with van der Waals surface area (Å²) >= 11 is 1.18. The van der Waals surface area contributed by atoms with E-state index in [1.165, 1.54) is 23.9 Å². The normalized spacial score (nSPS) is 12.8. The van der Waals surface area contributed by atoms with Gasteiger partial charge in [0.1, 0.15) is 5.03 Å². The third-order valence-corrected chi connectivity index (χ3v) is 5.26. The number of carbonyl (C=O) groups excluding carboxylic acids is 2. The van der Waals surface area contributed by atoms with Crippen LogP contribution in [0.25, 0.3) is 6.08 Å². The fourth-order valence-corrected chi connectivity index (χ4v) is 3.80. The van der Waals surface area contributed by atoms with Gasteiger partial charge in [0.2, 0.25) is 0 Å². The van der Waals surface area contributed by atoms with Gasteiger partial charge in [-0.25, -0.2) is 4.98 Å². The number of nitrogens with zero attached hydrogens (tertiary/aromatic N) is 2. The molecule has 6 nitrogen and oxygen atoms in total. The van der Waals surface area contributed by atoms with Crippen molar-refractivity contribution in [3.05, 3.63) is 99.2 Å². The zero-order valence-electron chi connectivity index (χ0n) is 14.4. The van der Waals surface area contributed by atoms with Crippen molar-refractivity contribution in [2.75, 3.05) is 0 Å². The second kappa shape index (κ2) is 7.21. The largest absolute Gasteiger partial charge is 0.288 e. The summed E-state index contributed by atoms with van der Waals surface area (Å²) in [4.78, 5) is 40.6. The van der Waals surface area contributed by atoms with Gasteiger partial charge in [-0.15, -0.1) is 0 Å². The van der Waals surface area contributed by atoms with Crippen LogP contribution in [0.5, 0.6) is 0 Å². The maximum Gasteiger partial charge on any atom is 0.283 e. The first-order chi connectivity index (χ1) is 13.5. The highest BCUT2D eigenvalue weighted by atomic mass is 32.2. The van der Waals surface area contributed by atoms with Crippen LogP contribution in [0.15, 0.2) is 82.4 Å². The van der Waals surface area contributed by atoms with E-state index in [4.69, 9.17) is 0 Å². The summed E-state index contributed by atoms with van der Waals surface area (Å²) in [5.74, 6) is -0.731. The van der Waals surface area contributed by atoms with Crippen molar-refractivity contribution in [1.82, 2.24) is 4.98 Å². The zero-order valence-corrected chi connectivity index (χ0v) is 15.2. The summed E-state index contributed by atoms with van der Waals surface area (Å²) in [5, 5.41) is 12.2. The van der Waals surface area contributed by atoms with E-state index in [-0.39, 0.29) is 22.8 Å². The van der Waals surface area contributed by atoms with Crippen molar-refractivity contribution in [1.29, 1.82) is 0 Å². The molecule has 1 aliphatic rings. The molecule has 28 heavy (non-hydrogen) atoms. The lowest BCUT2D eigenvalue weighted by Crippen LogP contribution is -2.00. The van der Waals surface area contributed by atoms with E-state index >= 15 is 0 Å². The summed E-state index contributed by atoms with van der Waals surface area (Å²) in [7, 11) is 0. The van der Waals surface area contributed by atoms with Gasteiger partial charge in [-0.05, 0) is 29.8 Å². The Morgan fingerprint density at radius 2 is 1.61 bits per heavy atom. The molecule has 7 heteroatoms. The van der Waals surface area contributed by atoms with E-state index in [1.807, 2.05) is 0 Å². The van der Waals surface area contributed by atoms with Gasteiger partial charge >= 0.3 is 0 Å². The number of pyridine rings is 1. The Hall–Kier alpha value is -3.58. The number of nitro benzene ring substituents is 1. The van der Waals surface area contributed by atoms with Crippen molar-refractivity contribution in [3.63, 3.8) is 0 Å². The number of rotatable bonds is 4. The van der Waals surface area contributed by atoms with Crippen LogP contribution in [0.4, 0.5) is 5.69 Å². The molecular weight excluding hydrogens is 376 g/mol. The lowest BCUT2D eigenvalue weighted by molar-refractivity contribution is -0.387. The predicted molar refractivity (Wildman–Crippen MR) is 105 cm³/mol. The molecule has 0 N–H and O–H groups in total. The van der Waals surface area contributed by atoms with Crippen LogP contribution in [0.3, 0.4) is 0 Å². The summed E-state index contributed by atoms with van der Waals surface area (Å²) in [6.07, 6.45) is 3.02. The monoisotopic (exact) mass is 388 g/mol. The summed E-state index contributed by atoms with van der Waals surface area (Å²) < 4.78 is 0. The Labute approximate surface area is 164 Å². The molecule has 2 aromatic carbocycles. The molecule has 1 aromatic heterocycles. The Morgan fingerprint density at radius 1 is 0.929 bits per heavy atom. The van der Waals surface area contributed by atoms with Crippen molar-refractivity contribution in [2.24, 2.45) is 0 Å². The van der Waals surface area contributed by atoms with E-state index in [0.29, 0.717) is 26.6 Å². The average Bonchev–Trinajstić information content (AvgIpc) is 2.95. The summed E-state index contributed by atoms with van der Waals surface area (Å²) in [5.41, 5.74) is 1.04. The van der Waals surface area contributed by atoms with Gasteiger partial charge in [0.15, 0.2) is 11.6 Å². The highest BCUT2D eigenvalue weighted by Gasteiger charge is 2.32. The topological polar surface area (TPSA) is 90.2 Å². The fraction of sp³-hybridized carbons (Fsp3) is 0. The minimum absolute atomic E-state index is 0.0145. The standard InChI is InChI=1S/C21H12N2O4S/c24-20-14-5-1-2-6-15(14)21(25)16(20)11-13-8-9-18(17(12-13)23(26)27)28-19-7-3-4-10-22-19/h1-12H. The molecule has 0 aliphatic heterocycles. The van der Waals surface area contributed by atoms with Gasteiger partial charge in [0, 0.05) is 23.4 Å². The minimum Gasteiger partial charge on any atom is -0.288 e. The van der Waals surface area contributed by atoms with Gasteiger partial charge in [0.25, 0.3) is 5.69 Å². The van der Waals surface area contributed by atoms with Gasteiger partial charge in [-0.3, -0.25) is 19.7 Å². The molecule has 136 valence electrons. The molecule has 4 rings (SSSR count). The van der Waals surface area contributed by atoms with E-state index in [2.05, 4.69) is 4.98 Å². The van der Waals surface area contributed by atoms with Crippen molar-refractivity contribution < 1.29 is 14.5 Å². The lowest BCUT2D eigenvalue weighted by atomic mass is 10.1.